The fourth-order valence-electron chi connectivity index (χ4n) is 4.44. The highest BCUT2D eigenvalue weighted by Gasteiger charge is 2.35. The first-order valence-corrected chi connectivity index (χ1v) is 11.5. The molecule has 0 spiro atoms. The second-order valence-electron chi connectivity index (χ2n) is 8.63. The summed E-state index contributed by atoms with van der Waals surface area (Å²) in [6.45, 7) is 2.72. The highest BCUT2D eigenvalue weighted by Crippen LogP contribution is 2.36. The second kappa shape index (κ2) is 11.1. The summed E-state index contributed by atoms with van der Waals surface area (Å²) in [4.78, 5) is 5.97. The largest absolute Gasteiger partial charge is 0.416 e. The number of aromatic nitrogens is 2. The lowest BCUT2D eigenvalue weighted by Gasteiger charge is -2.21. The van der Waals surface area contributed by atoms with Gasteiger partial charge in [0.25, 0.3) is 0 Å². The molecule has 0 aliphatic carbocycles. The number of rotatable bonds is 7. The van der Waals surface area contributed by atoms with Crippen molar-refractivity contribution in [1.82, 2.24) is 15.0 Å². The van der Waals surface area contributed by atoms with Crippen molar-refractivity contribution in [1.29, 1.82) is 5.41 Å². The molecule has 1 aliphatic heterocycles. The Morgan fingerprint density at radius 1 is 1.11 bits per heavy atom. The zero-order valence-electron chi connectivity index (χ0n) is 19.4. The van der Waals surface area contributed by atoms with Crippen LogP contribution in [0.5, 0.6) is 0 Å². The molecular weight excluding hydrogens is 479 g/mol. The molecule has 35 heavy (non-hydrogen) atoms. The van der Waals surface area contributed by atoms with Crippen LogP contribution in [0.15, 0.2) is 47.0 Å². The topological polar surface area (TPSA) is 92.0 Å². The van der Waals surface area contributed by atoms with Gasteiger partial charge >= 0.3 is 6.18 Å². The van der Waals surface area contributed by atoms with E-state index in [1.807, 2.05) is 24.3 Å². The van der Waals surface area contributed by atoms with Gasteiger partial charge in [0.2, 0.25) is 11.7 Å². The van der Waals surface area contributed by atoms with Crippen molar-refractivity contribution in [3.63, 3.8) is 0 Å². The highest BCUT2D eigenvalue weighted by atomic mass is 35.5. The average Bonchev–Trinajstić information content (AvgIpc) is 3.48. The number of hydrogen-bond acceptors (Lipinski definition) is 4. The normalized spacial score (nSPS) is 15.8. The fourth-order valence-corrected chi connectivity index (χ4v) is 4.44. The molecule has 0 bridgehead atoms. The Kier molecular flexibility index (Phi) is 8.43. The predicted molar refractivity (Wildman–Crippen MR) is 130 cm³/mol. The van der Waals surface area contributed by atoms with Gasteiger partial charge in [-0.3, -0.25) is 5.41 Å². The molecule has 4 rings (SSSR count). The van der Waals surface area contributed by atoms with Gasteiger partial charge in [-0.05, 0) is 54.9 Å². The Hall–Kier alpha value is -3.07. The van der Waals surface area contributed by atoms with Crippen LogP contribution < -0.4 is 5.73 Å². The molecule has 1 unspecified atom stereocenters. The van der Waals surface area contributed by atoms with E-state index in [9.17, 15) is 13.2 Å². The van der Waals surface area contributed by atoms with E-state index in [4.69, 9.17) is 15.7 Å². The first-order valence-electron chi connectivity index (χ1n) is 11.5. The zero-order chi connectivity index (χ0) is 24.3. The van der Waals surface area contributed by atoms with Gasteiger partial charge in [0.05, 0.1) is 5.56 Å². The fraction of sp³-hybridized carbons (Fsp3) is 0.400. The summed E-state index contributed by atoms with van der Waals surface area (Å²) >= 11 is 0. The Balaban J connectivity index is 0.00000342. The summed E-state index contributed by atoms with van der Waals surface area (Å²) in [5.74, 6) is 0.256. The number of likely N-dealkylation sites (tertiary alicyclic amines) is 1. The van der Waals surface area contributed by atoms with Crippen molar-refractivity contribution in [3.8, 4) is 11.4 Å². The van der Waals surface area contributed by atoms with Gasteiger partial charge < -0.3 is 15.2 Å². The zero-order valence-corrected chi connectivity index (χ0v) is 20.3. The number of benzene rings is 2. The van der Waals surface area contributed by atoms with Gasteiger partial charge in [-0.15, -0.1) is 12.4 Å². The molecule has 1 saturated heterocycles. The van der Waals surface area contributed by atoms with Crippen LogP contribution >= 0.6 is 12.4 Å². The van der Waals surface area contributed by atoms with Crippen LogP contribution in [-0.4, -0.2) is 27.5 Å². The smallest absolute Gasteiger partial charge is 0.370 e. The molecule has 10 heteroatoms. The minimum Gasteiger partial charge on any atom is -0.370 e. The minimum absolute atomic E-state index is 0. The maximum Gasteiger partial charge on any atom is 0.416 e. The van der Waals surface area contributed by atoms with Gasteiger partial charge in [-0.1, -0.05) is 54.9 Å². The van der Waals surface area contributed by atoms with Crippen LogP contribution in [0.25, 0.3) is 11.4 Å². The molecule has 1 aromatic heterocycles. The molecule has 0 saturated carbocycles. The van der Waals surface area contributed by atoms with Gasteiger partial charge in [-0.25, -0.2) is 0 Å². The predicted octanol–water partition coefficient (Wildman–Crippen LogP) is 5.95. The van der Waals surface area contributed by atoms with Crippen LogP contribution in [0.3, 0.4) is 0 Å². The molecule has 2 heterocycles. The van der Waals surface area contributed by atoms with Gasteiger partial charge in [0.15, 0.2) is 5.96 Å². The molecule has 188 valence electrons. The Morgan fingerprint density at radius 2 is 1.80 bits per heavy atom. The van der Waals surface area contributed by atoms with Crippen molar-refractivity contribution in [2.45, 2.75) is 57.7 Å². The number of hydrogen-bond donors (Lipinski definition) is 2. The molecule has 2 aromatic carbocycles. The van der Waals surface area contributed by atoms with Gasteiger partial charge in [0.1, 0.15) is 6.04 Å². The van der Waals surface area contributed by atoms with Crippen molar-refractivity contribution >= 4 is 18.4 Å². The maximum atomic E-state index is 13.9. The van der Waals surface area contributed by atoms with E-state index in [1.54, 1.807) is 11.0 Å². The van der Waals surface area contributed by atoms with Crippen LogP contribution in [0, 0.1) is 5.41 Å². The van der Waals surface area contributed by atoms with E-state index in [1.165, 1.54) is 11.6 Å². The molecule has 1 atom stereocenters. The third-order valence-corrected chi connectivity index (χ3v) is 6.21. The van der Waals surface area contributed by atoms with E-state index in [-0.39, 0.29) is 53.7 Å². The summed E-state index contributed by atoms with van der Waals surface area (Å²) in [5, 5.41) is 11.6. The molecule has 0 amide bonds. The standard InChI is InChI=1S/C25H28F3N5O.ClH/c1-2-4-16-6-8-17(9-7-16)10-11-18-12-13-19(15-20(18)25(26,27)28)22-31-23(34-32-22)21-5-3-14-33(21)24(29)30;/h6-9,12-13,15,21H,2-5,10-11,14H2,1H3,(H3,29,30);1H. The lowest BCUT2D eigenvalue weighted by atomic mass is 9.96. The third-order valence-electron chi connectivity index (χ3n) is 6.21. The highest BCUT2D eigenvalue weighted by molar-refractivity contribution is 5.85. The molecule has 3 aromatic rings. The maximum absolute atomic E-state index is 13.9. The molecule has 3 N–H and O–H groups in total. The molecule has 1 fully saturated rings. The van der Waals surface area contributed by atoms with Crippen LogP contribution in [0.1, 0.15) is 60.4 Å². The average molecular weight is 508 g/mol. The Morgan fingerprint density at radius 3 is 2.43 bits per heavy atom. The van der Waals surface area contributed by atoms with Gasteiger partial charge in [-0.2, -0.15) is 18.2 Å². The monoisotopic (exact) mass is 507 g/mol. The van der Waals surface area contributed by atoms with Crippen molar-refractivity contribution in [2.24, 2.45) is 5.73 Å². The molecule has 6 nitrogen and oxygen atoms in total. The molecular formula is C25H29ClF3N5O. The van der Waals surface area contributed by atoms with Crippen molar-refractivity contribution < 1.29 is 17.7 Å². The van der Waals surface area contributed by atoms with Crippen LogP contribution in [0.4, 0.5) is 13.2 Å². The van der Waals surface area contributed by atoms with E-state index >= 15 is 0 Å². The van der Waals surface area contributed by atoms with E-state index in [2.05, 4.69) is 17.1 Å². The SMILES string of the molecule is CCCc1ccc(CCc2ccc(-c3noc(C4CCCN4C(=N)N)n3)cc2C(F)(F)F)cc1.Cl. The Bertz CT molecular complexity index is 1150. The number of nitrogens with two attached hydrogens (primary N) is 1. The summed E-state index contributed by atoms with van der Waals surface area (Å²) in [6.07, 6.45) is -0.161. The summed E-state index contributed by atoms with van der Waals surface area (Å²) in [7, 11) is 0. The lowest BCUT2D eigenvalue weighted by Crippen LogP contribution is -2.35. The number of nitrogens with zero attached hydrogens (tertiary/aromatic N) is 3. The van der Waals surface area contributed by atoms with Crippen LogP contribution in [-0.2, 0) is 25.4 Å². The quantitative estimate of drug-likeness (QED) is 0.305. The summed E-state index contributed by atoms with van der Waals surface area (Å²) in [5.41, 5.74) is 7.63. The van der Waals surface area contributed by atoms with Crippen molar-refractivity contribution in [2.75, 3.05) is 6.54 Å². The summed E-state index contributed by atoms with van der Waals surface area (Å²) in [6, 6.07) is 11.9. The summed E-state index contributed by atoms with van der Waals surface area (Å²) < 4.78 is 47.0. The van der Waals surface area contributed by atoms with Crippen LogP contribution in [0.2, 0.25) is 0 Å². The number of aryl methyl sites for hydroxylation is 3. The first-order chi connectivity index (χ1) is 16.3. The molecule has 0 radical (unpaired) electrons. The number of nitrogens with one attached hydrogen (secondary N) is 1. The Labute approximate surface area is 208 Å². The van der Waals surface area contributed by atoms with E-state index < -0.39 is 11.7 Å². The van der Waals surface area contributed by atoms with E-state index in [0.717, 1.165) is 30.9 Å². The lowest BCUT2D eigenvalue weighted by molar-refractivity contribution is -0.138. The number of halogens is 4. The minimum atomic E-state index is -4.50. The third kappa shape index (κ3) is 6.14. The van der Waals surface area contributed by atoms with Crippen molar-refractivity contribution in [3.05, 3.63) is 70.6 Å². The first kappa shape index (κ1) is 26.5. The number of guanidine groups is 1. The second-order valence-corrected chi connectivity index (χ2v) is 8.63. The molecule has 1 aliphatic rings. The van der Waals surface area contributed by atoms with E-state index in [0.29, 0.717) is 19.4 Å². The van der Waals surface area contributed by atoms with Gasteiger partial charge in [0, 0.05) is 12.1 Å². The number of alkyl halides is 3.